The van der Waals surface area contributed by atoms with Gasteiger partial charge < -0.3 is 13.7 Å². The molecule has 0 amide bonds. The summed E-state index contributed by atoms with van der Waals surface area (Å²) in [7, 11) is 0. The van der Waals surface area contributed by atoms with E-state index < -0.39 is 5.97 Å². The molecule has 0 saturated heterocycles. The molecule has 0 bridgehead atoms. The molecule has 5 nitrogen and oxygen atoms in total. The molecule has 3 rings (SSSR count). The van der Waals surface area contributed by atoms with E-state index >= 15 is 0 Å². The molecular formula is C19H16ClNO4. The molecule has 0 aliphatic heterocycles. The molecular weight excluding hydrogens is 342 g/mol. The highest BCUT2D eigenvalue weighted by Gasteiger charge is 2.15. The van der Waals surface area contributed by atoms with Crippen molar-refractivity contribution < 1.29 is 13.9 Å². The van der Waals surface area contributed by atoms with E-state index in [2.05, 4.69) is 0 Å². The quantitative estimate of drug-likeness (QED) is 0.523. The fourth-order valence-electron chi connectivity index (χ4n) is 2.45. The lowest BCUT2D eigenvalue weighted by Crippen LogP contribution is -2.17. The molecule has 0 atom stereocenters. The van der Waals surface area contributed by atoms with E-state index in [0.717, 1.165) is 11.1 Å². The zero-order valence-electron chi connectivity index (χ0n) is 13.8. The van der Waals surface area contributed by atoms with Crippen LogP contribution in [0.3, 0.4) is 0 Å². The Labute approximate surface area is 149 Å². The summed E-state index contributed by atoms with van der Waals surface area (Å²) in [5.41, 5.74) is 1.51. The SMILES string of the molecule is Cc1cc(OC(=O)c2ccc(Cn3ccccc3=O)o2)cc(C)c1Cl. The van der Waals surface area contributed by atoms with Crippen LogP contribution >= 0.6 is 11.6 Å². The smallest absolute Gasteiger partial charge is 0.379 e. The fourth-order valence-corrected chi connectivity index (χ4v) is 2.56. The van der Waals surface area contributed by atoms with E-state index in [-0.39, 0.29) is 17.9 Å². The predicted molar refractivity (Wildman–Crippen MR) is 94.4 cm³/mol. The van der Waals surface area contributed by atoms with Gasteiger partial charge in [0.15, 0.2) is 0 Å². The number of pyridine rings is 1. The van der Waals surface area contributed by atoms with E-state index in [1.165, 1.54) is 16.7 Å². The van der Waals surface area contributed by atoms with Gasteiger partial charge in [0.05, 0.1) is 6.54 Å². The van der Waals surface area contributed by atoms with Gasteiger partial charge >= 0.3 is 5.97 Å². The van der Waals surface area contributed by atoms with Crippen LogP contribution in [0.5, 0.6) is 5.75 Å². The maximum Gasteiger partial charge on any atom is 0.379 e. The van der Waals surface area contributed by atoms with Crippen molar-refractivity contribution in [1.29, 1.82) is 0 Å². The molecule has 6 heteroatoms. The van der Waals surface area contributed by atoms with Crippen LogP contribution in [0.2, 0.25) is 5.02 Å². The molecule has 0 aliphatic rings. The summed E-state index contributed by atoms with van der Waals surface area (Å²) in [5, 5.41) is 0.647. The lowest BCUT2D eigenvalue weighted by molar-refractivity contribution is 0.0699. The molecule has 0 N–H and O–H groups in total. The summed E-state index contributed by atoms with van der Waals surface area (Å²) in [4.78, 5) is 24.0. The van der Waals surface area contributed by atoms with E-state index in [4.69, 9.17) is 20.8 Å². The fraction of sp³-hybridized carbons (Fsp3) is 0.158. The van der Waals surface area contributed by atoms with Crippen LogP contribution in [0, 0.1) is 13.8 Å². The Bertz CT molecular complexity index is 964. The third kappa shape index (κ3) is 3.83. The van der Waals surface area contributed by atoms with Gasteiger partial charge in [0.25, 0.3) is 5.56 Å². The Morgan fingerprint density at radius 2 is 1.88 bits per heavy atom. The predicted octanol–water partition coefficient (Wildman–Crippen LogP) is 3.98. The van der Waals surface area contributed by atoms with Crippen LogP contribution in [0.25, 0.3) is 0 Å². The minimum atomic E-state index is -0.604. The minimum Gasteiger partial charge on any atom is -0.452 e. The van der Waals surface area contributed by atoms with Crippen LogP contribution in [0.15, 0.2) is 57.9 Å². The molecule has 2 heterocycles. The van der Waals surface area contributed by atoms with E-state index in [1.54, 1.807) is 36.5 Å². The highest BCUT2D eigenvalue weighted by molar-refractivity contribution is 6.32. The largest absolute Gasteiger partial charge is 0.452 e. The molecule has 2 aromatic heterocycles. The number of nitrogens with zero attached hydrogens (tertiary/aromatic N) is 1. The zero-order chi connectivity index (χ0) is 18.0. The third-order valence-electron chi connectivity index (χ3n) is 3.71. The first-order chi connectivity index (χ1) is 11.9. The highest BCUT2D eigenvalue weighted by atomic mass is 35.5. The summed E-state index contributed by atoms with van der Waals surface area (Å²) in [5.74, 6) is 0.363. The number of ether oxygens (including phenoxy) is 1. The molecule has 3 aromatic rings. The highest BCUT2D eigenvalue weighted by Crippen LogP contribution is 2.26. The average molecular weight is 358 g/mol. The molecule has 1 aromatic carbocycles. The number of benzene rings is 1. The molecule has 128 valence electrons. The Hall–Kier alpha value is -2.79. The third-order valence-corrected chi connectivity index (χ3v) is 4.30. The molecule has 0 unspecified atom stereocenters. The number of aryl methyl sites for hydroxylation is 2. The average Bonchev–Trinajstić information content (AvgIpc) is 3.03. The summed E-state index contributed by atoms with van der Waals surface area (Å²) >= 11 is 6.11. The van der Waals surface area contributed by atoms with Gasteiger partial charge in [0.1, 0.15) is 11.5 Å². The zero-order valence-corrected chi connectivity index (χ0v) is 14.5. The van der Waals surface area contributed by atoms with Crippen molar-refractivity contribution in [3.8, 4) is 5.75 Å². The molecule has 0 saturated carbocycles. The topological polar surface area (TPSA) is 61.4 Å². The van der Waals surface area contributed by atoms with Gasteiger partial charge in [-0.2, -0.15) is 0 Å². The lowest BCUT2D eigenvalue weighted by atomic mass is 10.1. The van der Waals surface area contributed by atoms with Crippen LogP contribution in [-0.2, 0) is 6.54 Å². The van der Waals surface area contributed by atoms with Crippen LogP contribution < -0.4 is 10.3 Å². The van der Waals surface area contributed by atoms with Crippen molar-refractivity contribution in [2.75, 3.05) is 0 Å². The number of esters is 1. The number of aromatic nitrogens is 1. The van der Waals surface area contributed by atoms with Gasteiger partial charge in [-0.15, -0.1) is 0 Å². The van der Waals surface area contributed by atoms with Crippen molar-refractivity contribution in [3.05, 3.63) is 86.7 Å². The molecule has 25 heavy (non-hydrogen) atoms. The second-order valence-corrected chi connectivity index (χ2v) is 6.07. The second kappa shape index (κ2) is 6.99. The molecule has 0 aliphatic carbocycles. The van der Waals surface area contributed by atoms with Crippen LogP contribution in [-0.4, -0.2) is 10.5 Å². The number of hydrogen-bond acceptors (Lipinski definition) is 4. The number of carbonyl (C=O) groups is 1. The van der Waals surface area contributed by atoms with Crippen molar-refractivity contribution in [2.45, 2.75) is 20.4 Å². The van der Waals surface area contributed by atoms with Crippen molar-refractivity contribution in [3.63, 3.8) is 0 Å². The van der Waals surface area contributed by atoms with Crippen molar-refractivity contribution in [1.82, 2.24) is 4.57 Å². The Morgan fingerprint density at radius 3 is 2.56 bits per heavy atom. The normalized spacial score (nSPS) is 10.7. The standard InChI is InChI=1S/C19H16ClNO4/c1-12-9-15(10-13(2)18(12)20)25-19(23)16-7-6-14(24-16)11-21-8-4-3-5-17(21)22/h3-10H,11H2,1-2H3. The van der Waals surface area contributed by atoms with Crippen molar-refractivity contribution >= 4 is 17.6 Å². The van der Waals surface area contributed by atoms with E-state index in [9.17, 15) is 9.59 Å². The first-order valence-electron chi connectivity index (χ1n) is 7.67. The maximum absolute atomic E-state index is 12.2. The number of furan rings is 1. The van der Waals surface area contributed by atoms with Crippen LogP contribution in [0.1, 0.15) is 27.4 Å². The summed E-state index contributed by atoms with van der Waals surface area (Å²) < 4.78 is 12.3. The lowest BCUT2D eigenvalue weighted by Gasteiger charge is -2.07. The van der Waals surface area contributed by atoms with Crippen molar-refractivity contribution in [2.24, 2.45) is 0 Å². The van der Waals surface area contributed by atoms with E-state index in [0.29, 0.717) is 16.5 Å². The Kier molecular flexibility index (Phi) is 4.76. The van der Waals surface area contributed by atoms with Gasteiger partial charge in [0, 0.05) is 17.3 Å². The number of halogens is 1. The summed E-state index contributed by atoms with van der Waals surface area (Å²) in [6, 6.07) is 11.4. The summed E-state index contributed by atoms with van der Waals surface area (Å²) in [6.45, 7) is 3.93. The van der Waals surface area contributed by atoms with Gasteiger partial charge in [-0.25, -0.2) is 4.79 Å². The number of hydrogen-bond donors (Lipinski definition) is 0. The maximum atomic E-state index is 12.2. The summed E-state index contributed by atoms with van der Waals surface area (Å²) in [6.07, 6.45) is 1.65. The molecule has 0 radical (unpaired) electrons. The van der Waals surface area contributed by atoms with Gasteiger partial charge in [-0.05, 0) is 55.3 Å². The van der Waals surface area contributed by atoms with Gasteiger partial charge in [-0.3, -0.25) is 4.79 Å². The number of rotatable bonds is 4. The van der Waals surface area contributed by atoms with Crippen LogP contribution in [0.4, 0.5) is 0 Å². The first kappa shape index (κ1) is 17.0. The first-order valence-corrected chi connectivity index (χ1v) is 8.05. The van der Waals surface area contributed by atoms with E-state index in [1.807, 2.05) is 13.8 Å². The number of carbonyl (C=O) groups excluding carboxylic acids is 1. The van der Waals surface area contributed by atoms with Gasteiger partial charge in [-0.1, -0.05) is 17.7 Å². The van der Waals surface area contributed by atoms with Gasteiger partial charge in [0.2, 0.25) is 5.76 Å². The Balaban J connectivity index is 1.75. The second-order valence-electron chi connectivity index (χ2n) is 5.69. The Morgan fingerprint density at radius 1 is 1.16 bits per heavy atom. The monoisotopic (exact) mass is 357 g/mol. The minimum absolute atomic E-state index is 0.0734. The molecule has 0 spiro atoms. The molecule has 0 fully saturated rings.